The quantitative estimate of drug-likeness (QED) is 0.179. The smallest absolute Gasteiger partial charge is 0.264 e. The van der Waals surface area contributed by atoms with E-state index in [1.807, 2.05) is 64.1 Å². The van der Waals surface area contributed by atoms with Crippen LogP contribution in [0.5, 0.6) is 0 Å². The summed E-state index contributed by atoms with van der Waals surface area (Å²) in [6.45, 7) is 8.59. The van der Waals surface area contributed by atoms with Gasteiger partial charge in [0, 0.05) is 34.1 Å². The third-order valence-corrected chi connectivity index (χ3v) is 9.87. The summed E-state index contributed by atoms with van der Waals surface area (Å²) < 4.78 is 29.5. The van der Waals surface area contributed by atoms with Gasteiger partial charge >= 0.3 is 0 Å². The zero-order valence-electron chi connectivity index (χ0n) is 26.6. The Labute approximate surface area is 282 Å². The summed E-state index contributed by atoms with van der Waals surface area (Å²) in [7, 11) is -4.21. The predicted octanol–water partition coefficient (Wildman–Crippen LogP) is 7.36. The van der Waals surface area contributed by atoms with Gasteiger partial charge in [-0.1, -0.05) is 95.5 Å². The molecule has 4 aromatic carbocycles. The number of sulfonamides is 1. The highest BCUT2D eigenvalue weighted by Crippen LogP contribution is 2.30. The number of carbonyl (C=O) groups is 2. The third kappa shape index (κ3) is 8.69. The van der Waals surface area contributed by atoms with Crippen LogP contribution >= 0.6 is 23.2 Å². The van der Waals surface area contributed by atoms with Gasteiger partial charge in [-0.3, -0.25) is 13.9 Å². The van der Waals surface area contributed by atoms with Crippen molar-refractivity contribution in [3.8, 4) is 0 Å². The maximum Gasteiger partial charge on any atom is 0.264 e. The highest BCUT2D eigenvalue weighted by molar-refractivity contribution is 7.92. The van der Waals surface area contributed by atoms with E-state index in [1.54, 1.807) is 55.5 Å². The SMILES string of the molecule is Cc1ccc(N(CC(=O)N(Cc2c(Cl)cccc2Cl)C(Cc2ccccc2)C(=O)NC(C)(C)C)S(=O)(=O)c2ccccc2)c(C)c1. The highest BCUT2D eigenvalue weighted by Gasteiger charge is 2.36. The van der Waals surface area contributed by atoms with E-state index in [-0.39, 0.29) is 17.9 Å². The van der Waals surface area contributed by atoms with Crippen molar-refractivity contribution in [2.75, 3.05) is 10.8 Å². The van der Waals surface area contributed by atoms with Crippen LogP contribution in [0.25, 0.3) is 0 Å². The lowest BCUT2D eigenvalue weighted by atomic mass is 10.0. The Morgan fingerprint density at radius 1 is 0.826 bits per heavy atom. The van der Waals surface area contributed by atoms with Gasteiger partial charge in [0.1, 0.15) is 12.6 Å². The summed E-state index contributed by atoms with van der Waals surface area (Å²) in [5.74, 6) is -0.989. The number of nitrogens with one attached hydrogen (secondary N) is 1. The monoisotopic (exact) mass is 679 g/mol. The molecule has 1 N–H and O–H groups in total. The van der Waals surface area contributed by atoms with E-state index in [4.69, 9.17) is 23.2 Å². The van der Waals surface area contributed by atoms with Gasteiger partial charge in [0.15, 0.2) is 0 Å². The van der Waals surface area contributed by atoms with E-state index in [9.17, 15) is 18.0 Å². The average Bonchev–Trinajstić information content (AvgIpc) is 2.99. The fourth-order valence-corrected chi connectivity index (χ4v) is 7.20. The van der Waals surface area contributed by atoms with Gasteiger partial charge in [0.25, 0.3) is 10.0 Å². The van der Waals surface area contributed by atoms with Gasteiger partial charge < -0.3 is 10.2 Å². The molecule has 0 heterocycles. The average molecular weight is 681 g/mol. The van der Waals surface area contributed by atoms with Crippen molar-refractivity contribution < 1.29 is 18.0 Å². The number of benzene rings is 4. The molecule has 0 aliphatic rings. The van der Waals surface area contributed by atoms with Crippen LogP contribution in [-0.4, -0.2) is 43.3 Å². The van der Waals surface area contributed by atoms with E-state index in [0.717, 1.165) is 15.4 Å². The van der Waals surface area contributed by atoms with Gasteiger partial charge in [0.05, 0.1) is 10.6 Å². The predicted molar refractivity (Wildman–Crippen MR) is 186 cm³/mol. The Kier molecular flexibility index (Phi) is 11.2. The fourth-order valence-electron chi connectivity index (χ4n) is 5.18. The molecule has 242 valence electrons. The Morgan fingerprint density at radius 2 is 1.41 bits per heavy atom. The Bertz CT molecular complexity index is 1770. The Hall–Kier alpha value is -3.85. The summed E-state index contributed by atoms with van der Waals surface area (Å²) in [6, 6.07) is 26.7. The van der Waals surface area contributed by atoms with Gasteiger partial charge in [0.2, 0.25) is 11.8 Å². The lowest BCUT2D eigenvalue weighted by Gasteiger charge is -2.36. The van der Waals surface area contributed by atoms with Crippen molar-refractivity contribution in [2.24, 2.45) is 0 Å². The first-order chi connectivity index (χ1) is 21.7. The van der Waals surface area contributed by atoms with Crippen LogP contribution in [0, 0.1) is 13.8 Å². The second-order valence-corrected chi connectivity index (χ2v) is 15.0. The highest BCUT2D eigenvalue weighted by atomic mass is 35.5. The number of anilines is 1. The summed E-state index contributed by atoms with van der Waals surface area (Å²) in [4.78, 5) is 30.1. The Balaban J connectivity index is 1.87. The summed E-state index contributed by atoms with van der Waals surface area (Å²) in [6.07, 6.45) is 0.172. The fraction of sp³-hybridized carbons (Fsp3) is 0.278. The van der Waals surface area contributed by atoms with E-state index in [0.29, 0.717) is 26.9 Å². The topological polar surface area (TPSA) is 86.8 Å². The minimum Gasteiger partial charge on any atom is -0.350 e. The van der Waals surface area contributed by atoms with Gasteiger partial charge in [-0.05, 0) is 76.1 Å². The minimum absolute atomic E-state index is 0.0368. The standard InChI is InChI=1S/C36H39Cl2N3O4S/c1-25-19-20-32(26(2)21-25)41(46(44,45)28-15-10-7-11-16-28)24-34(42)40(23-29-30(37)17-12-18-31(29)38)33(35(43)39-36(3,4)5)22-27-13-8-6-9-14-27/h6-21,33H,22-24H2,1-5H3,(H,39,43). The van der Waals surface area contributed by atoms with Crippen molar-refractivity contribution in [3.63, 3.8) is 0 Å². The summed E-state index contributed by atoms with van der Waals surface area (Å²) in [5, 5.41) is 3.66. The zero-order valence-corrected chi connectivity index (χ0v) is 29.0. The molecular weight excluding hydrogens is 641 g/mol. The van der Waals surface area contributed by atoms with E-state index in [1.165, 1.54) is 17.0 Å². The molecule has 2 amide bonds. The molecule has 0 spiro atoms. The first-order valence-electron chi connectivity index (χ1n) is 14.9. The number of hydrogen-bond donors (Lipinski definition) is 1. The lowest BCUT2D eigenvalue weighted by molar-refractivity contribution is -0.140. The number of carbonyl (C=O) groups excluding carboxylic acids is 2. The number of amides is 2. The molecule has 0 aliphatic heterocycles. The maximum absolute atomic E-state index is 14.7. The molecule has 4 rings (SSSR count). The molecule has 1 unspecified atom stereocenters. The molecule has 0 radical (unpaired) electrons. The first kappa shape index (κ1) is 35.0. The van der Waals surface area contributed by atoms with Crippen LogP contribution in [0.15, 0.2) is 102 Å². The molecule has 0 saturated heterocycles. The molecule has 0 bridgehead atoms. The van der Waals surface area contributed by atoms with Crippen molar-refractivity contribution in [1.29, 1.82) is 0 Å². The molecule has 0 aromatic heterocycles. The molecule has 10 heteroatoms. The van der Waals surface area contributed by atoms with Gasteiger partial charge in [-0.25, -0.2) is 8.42 Å². The molecule has 7 nitrogen and oxygen atoms in total. The molecule has 1 atom stereocenters. The van der Waals surface area contributed by atoms with Crippen molar-refractivity contribution in [2.45, 2.75) is 64.1 Å². The van der Waals surface area contributed by atoms with Crippen LogP contribution in [0.1, 0.15) is 43.0 Å². The first-order valence-corrected chi connectivity index (χ1v) is 17.1. The lowest BCUT2D eigenvalue weighted by Crippen LogP contribution is -2.56. The van der Waals surface area contributed by atoms with Crippen LogP contribution in [0.3, 0.4) is 0 Å². The van der Waals surface area contributed by atoms with Crippen LogP contribution < -0.4 is 9.62 Å². The third-order valence-electron chi connectivity index (χ3n) is 7.39. The van der Waals surface area contributed by atoms with Gasteiger partial charge in [-0.15, -0.1) is 0 Å². The largest absolute Gasteiger partial charge is 0.350 e. The molecular formula is C36H39Cl2N3O4S. The Morgan fingerprint density at radius 3 is 1.98 bits per heavy atom. The second-order valence-electron chi connectivity index (χ2n) is 12.3. The van der Waals surface area contributed by atoms with Crippen molar-refractivity contribution >= 4 is 50.7 Å². The number of hydrogen-bond acceptors (Lipinski definition) is 4. The van der Waals surface area contributed by atoms with Crippen molar-refractivity contribution in [3.05, 3.63) is 129 Å². The van der Waals surface area contributed by atoms with Crippen LogP contribution in [-0.2, 0) is 32.6 Å². The van der Waals surface area contributed by atoms with Crippen LogP contribution in [0.4, 0.5) is 5.69 Å². The number of nitrogens with zero attached hydrogens (tertiary/aromatic N) is 2. The number of aryl methyl sites for hydroxylation is 2. The van der Waals surface area contributed by atoms with Crippen LogP contribution in [0.2, 0.25) is 10.0 Å². The van der Waals surface area contributed by atoms with E-state index in [2.05, 4.69) is 5.32 Å². The zero-order chi connectivity index (χ0) is 33.6. The molecule has 4 aromatic rings. The van der Waals surface area contributed by atoms with Gasteiger partial charge in [-0.2, -0.15) is 0 Å². The summed E-state index contributed by atoms with van der Waals surface area (Å²) in [5.41, 5.74) is 2.65. The molecule has 0 saturated carbocycles. The number of rotatable bonds is 11. The van der Waals surface area contributed by atoms with Crippen molar-refractivity contribution in [1.82, 2.24) is 10.2 Å². The molecule has 0 aliphatic carbocycles. The summed E-state index contributed by atoms with van der Waals surface area (Å²) >= 11 is 13.2. The van der Waals surface area contributed by atoms with E-state index >= 15 is 0 Å². The van der Waals surface area contributed by atoms with E-state index < -0.39 is 40.0 Å². The molecule has 46 heavy (non-hydrogen) atoms. The normalized spacial score (nSPS) is 12.3. The number of halogens is 2. The minimum atomic E-state index is -4.21. The second kappa shape index (κ2) is 14.7. The molecule has 0 fully saturated rings. The maximum atomic E-state index is 14.7.